The lowest BCUT2D eigenvalue weighted by Crippen LogP contribution is -2.31. The van der Waals surface area contributed by atoms with Crippen molar-refractivity contribution in [3.8, 4) is 0 Å². The van der Waals surface area contributed by atoms with Crippen LogP contribution in [0.15, 0.2) is 79.0 Å². The van der Waals surface area contributed by atoms with Crippen LogP contribution >= 0.6 is 0 Å². The van der Waals surface area contributed by atoms with Crippen LogP contribution in [-0.2, 0) is 11.3 Å². The minimum atomic E-state index is -0.277. The lowest BCUT2D eigenvalue weighted by Gasteiger charge is -2.26. The number of hydrogen-bond acceptors (Lipinski definition) is 4. The van der Waals surface area contributed by atoms with Crippen LogP contribution in [0.5, 0.6) is 0 Å². The van der Waals surface area contributed by atoms with Crippen LogP contribution < -0.4 is 5.32 Å². The first-order valence-electron chi connectivity index (χ1n) is 9.55. The third kappa shape index (κ3) is 4.14. The van der Waals surface area contributed by atoms with Gasteiger partial charge in [0.05, 0.1) is 6.04 Å². The summed E-state index contributed by atoms with van der Waals surface area (Å²) < 4.78 is 5.57. The number of aromatic nitrogens is 1. The fourth-order valence-electron chi connectivity index (χ4n) is 3.56. The molecule has 1 saturated heterocycles. The quantitative estimate of drug-likeness (QED) is 0.659. The molecular weight excluding hydrogens is 350 g/mol. The number of carbonyl (C=O) groups excluding carboxylic acids is 1. The van der Waals surface area contributed by atoms with Gasteiger partial charge in [-0.2, -0.15) is 0 Å². The fraction of sp³-hybridized carbons (Fsp3) is 0.217. The van der Waals surface area contributed by atoms with Gasteiger partial charge in [-0.05, 0) is 36.6 Å². The van der Waals surface area contributed by atoms with Gasteiger partial charge in [-0.25, -0.2) is 9.78 Å². The molecule has 0 spiro atoms. The van der Waals surface area contributed by atoms with Crippen LogP contribution in [0.2, 0.25) is 0 Å². The Morgan fingerprint density at radius 2 is 1.79 bits per heavy atom. The molecule has 1 N–H and O–H groups in total. The van der Waals surface area contributed by atoms with Gasteiger partial charge in [0.2, 0.25) is 0 Å². The molecule has 0 bridgehead atoms. The Labute approximate surface area is 165 Å². The van der Waals surface area contributed by atoms with E-state index in [0.717, 1.165) is 35.5 Å². The molecule has 1 fully saturated rings. The number of pyridine rings is 1. The number of rotatable bonds is 5. The summed E-state index contributed by atoms with van der Waals surface area (Å²) in [6, 6.07) is 23.6. The van der Waals surface area contributed by atoms with Crippen LogP contribution in [-0.4, -0.2) is 22.5 Å². The van der Waals surface area contributed by atoms with Crippen molar-refractivity contribution >= 4 is 17.6 Å². The molecule has 1 amide bonds. The van der Waals surface area contributed by atoms with E-state index in [9.17, 15) is 4.79 Å². The van der Waals surface area contributed by atoms with E-state index in [2.05, 4.69) is 10.3 Å². The summed E-state index contributed by atoms with van der Waals surface area (Å²) in [4.78, 5) is 19.1. The third-order valence-corrected chi connectivity index (χ3v) is 4.93. The molecule has 142 valence electrons. The molecule has 4 rings (SSSR count). The van der Waals surface area contributed by atoms with E-state index in [1.165, 1.54) is 0 Å². The zero-order valence-corrected chi connectivity index (χ0v) is 15.6. The number of carbonyl (C=O) groups is 1. The normalized spacial score (nSPS) is 16.0. The van der Waals surface area contributed by atoms with E-state index in [-0.39, 0.29) is 18.7 Å². The highest BCUT2D eigenvalue weighted by Crippen LogP contribution is 2.36. The molecule has 28 heavy (non-hydrogen) atoms. The minimum Gasteiger partial charge on any atom is -0.445 e. The first-order chi connectivity index (χ1) is 13.8. The minimum absolute atomic E-state index is 0.0387. The molecule has 1 aliphatic rings. The average Bonchev–Trinajstić information content (AvgIpc) is 3.24. The van der Waals surface area contributed by atoms with Gasteiger partial charge in [0.25, 0.3) is 0 Å². The van der Waals surface area contributed by atoms with Crippen molar-refractivity contribution in [3.05, 3.63) is 90.1 Å². The van der Waals surface area contributed by atoms with Crippen LogP contribution in [0.4, 0.5) is 16.3 Å². The van der Waals surface area contributed by atoms with Crippen molar-refractivity contribution < 1.29 is 9.53 Å². The molecule has 0 unspecified atom stereocenters. The lowest BCUT2D eigenvalue weighted by molar-refractivity contribution is 0.0921. The van der Waals surface area contributed by atoms with Crippen molar-refractivity contribution in [2.45, 2.75) is 25.5 Å². The Bertz CT molecular complexity index is 915. The summed E-state index contributed by atoms with van der Waals surface area (Å²) in [7, 11) is 0. The van der Waals surface area contributed by atoms with E-state index >= 15 is 0 Å². The molecule has 2 aromatic carbocycles. The Hall–Kier alpha value is -3.34. The number of amides is 1. The molecule has 1 aromatic heterocycles. The number of anilines is 2. The third-order valence-electron chi connectivity index (χ3n) is 4.93. The number of hydrogen-bond donors (Lipinski definition) is 1. The predicted molar refractivity (Wildman–Crippen MR) is 109 cm³/mol. The number of nitrogens with one attached hydrogen (secondary N) is 1. The zero-order chi connectivity index (χ0) is 19.2. The molecule has 1 atom stereocenters. The zero-order valence-electron chi connectivity index (χ0n) is 15.6. The molecule has 3 aromatic rings. The van der Waals surface area contributed by atoms with Crippen LogP contribution in [0, 0.1) is 0 Å². The second-order valence-electron chi connectivity index (χ2n) is 6.82. The van der Waals surface area contributed by atoms with E-state index in [0.29, 0.717) is 6.54 Å². The smallest absolute Gasteiger partial charge is 0.410 e. The van der Waals surface area contributed by atoms with Gasteiger partial charge in [0.1, 0.15) is 12.4 Å². The fourth-order valence-corrected chi connectivity index (χ4v) is 3.56. The SMILES string of the molecule is O=C(OCc1ccccc1)N1CCC[C@H]1c1cccnc1Nc1ccccc1. The van der Waals surface area contributed by atoms with Crippen LogP contribution in [0.3, 0.4) is 0 Å². The summed E-state index contributed by atoms with van der Waals surface area (Å²) in [5.41, 5.74) is 2.97. The van der Waals surface area contributed by atoms with Gasteiger partial charge in [0.15, 0.2) is 0 Å². The van der Waals surface area contributed by atoms with Gasteiger partial charge >= 0.3 is 6.09 Å². The van der Waals surface area contributed by atoms with Crippen molar-refractivity contribution in [1.82, 2.24) is 9.88 Å². The van der Waals surface area contributed by atoms with Crippen LogP contribution in [0.25, 0.3) is 0 Å². The second-order valence-corrected chi connectivity index (χ2v) is 6.82. The molecule has 0 aliphatic carbocycles. The summed E-state index contributed by atoms with van der Waals surface area (Å²) >= 11 is 0. The number of benzene rings is 2. The summed E-state index contributed by atoms with van der Waals surface area (Å²) in [6.45, 7) is 0.975. The highest BCUT2D eigenvalue weighted by atomic mass is 16.6. The number of ether oxygens (including phenoxy) is 1. The van der Waals surface area contributed by atoms with E-state index in [4.69, 9.17) is 4.74 Å². The summed E-state index contributed by atoms with van der Waals surface area (Å²) in [6.07, 6.45) is 3.34. The first kappa shape index (κ1) is 18.0. The molecule has 1 aliphatic heterocycles. The van der Waals surface area contributed by atoms with Gasteiger partial charge in [-0.15, -0.1) is 0 Å². The van der Waals surface area contributed by atoms with Crippen molar-refractivity contribution in [2.24, 2.45) is 0 Å². The largest absolute Gasteiger partial charge is 0.445 e. The molecule has 5 heteroatoms. The van der Waals surface area contributed by atoms with Gasteiger partial charge < -0.3 is 15.0 Å². The second kappa shape index (κ2) is 8.57. The number of nitrogens with zero attached hydrogens (tertiary/aromatic N) is 2. The standard InChI is InChI=1S/C23H23N3O2/c27-23(28-17-18-9-3-1-4-10-18)26-16-8-14-21(26)20-13-7-15-24-22(20)25-19-11-5-2-6-12-19/h1-7,9-13,15,21H,8,14,16-17H2,(H,24,25)/t21-/m0/s1. The van der Waals surface area contributed by atoms with Gasteiger partial charge in [-0.1, -0.05) is 54.6 Å². The van der Waals surface area contributed by atoms with Crippen molar-refractivity contribution in [2.75, 3.05) is 11.9 Å². The van der Waals surface area contributed by atoms with Crippen molar-refractivity contribution in [1.29, 1.82) is 0 Å². The van der Waals surface area contributed by atoms with Crippen LogP contribution in [0.1, 0.15) is 30.0 Å². The number of para-hydroxylation sites is 1. The van der Waals surface area contributed by atoms with Crippen molar-refractivity contribution in [3.63, 3.8) is 0 Å². The first-order valence-corrected chi connectivity index (χ1v) is 9.55. The monoisotopic (exact) mass is 373 g/mol. The van der Waals surface area contributed by atoms with E-state index in [1.54, 1.807) is 6.20 Å². The highest BCUT2D eigenvalue weighted by Gasteiger charge is 2.32. The Morgan fingerprint density at radius 1 is 1.04 bits per heavy atom. The molecular formula is C23H23N3O2. The topological polar surface area (TPSA) is 54.5 Å². The molecule has 0 saturated carbocycles. The lowest BCUT2D eigenvalue weighted by atomic mass is 10.1. The Morgan fingerprint density at radius 3 is 2.57 bits per heavy atom. The van der Waals surface area contributed by atoms with Gasteiger partial charge in [-0.3, -0.25) is 0 Å². The Balaban J connectivity index is 1.49. The summed E-state index contributed by atoms with van der Waals surface area (Å²) in [5, 5.41) is 3.38. The molecule has 2 heterocycles. The number of likely N-dealkylation sites (tertiary alicyclic amines) is 1. The maximum absolute atomic E-state index is 12.7. The van der Waals surface area contributed by atoms with E-state index in [1.807, 2.05) is 77.7 Å². The highest BCUT2D eigenvalue weighted by molar-refractivity contribution is 5.70. The predicted octanol–water partition coefficient (Wildman–Crippen LogP) is 5.30. The average molecular weight is 373 g/mol. The molecule has 5 nitrogen and oxygen atoms in total. The maximum Gasteiger partial charge on any atom is 0.410 e. The maximum atomic E-state index is 12.7. The molecule has 0 radical (unpaired) electrons. The van der Waals surface area contributed by atoms with Gasteiger partial charge in [0, 0.05) is 24.0 Å². The Kier molecular flexibility index (Phi) is 5.52. The summed E-state index contributed by atoms with van der Waals surface area (Å²) in [5.74, 6) is 0.779. The van der Waals surface area contributed by atoms with E-state index < -0.39 is 0 Å².